The fourth-order valence-corrected chi connectivity index (χ4v) is 1.37. The molecule has 11 heavy (non-hydrogen) atoms. The van der Waals surface area contributed by atoms with E-state index in [4.69, 9.17) is 0 Å². The lowest BCUT2D eigenvalue weighted by Crippen LogP contribution is -1.91. The first-order chi connectivity index (χ1) is 5.39. The van der Waals surface area contributed by atoms with E-state index >= 15 is 0 Å². The van der Waals surface area contributed by atoms with Crippen LogP contribution in [0.4, 0.5) is 0 Å². The highest BCUT2D eigenvalue weighted by Crippen LogP contribution is 2.13. The monoisotopic (exact) mass is 150 g/mol. The molecule has 1 aliphatic rings. The van der Waals surface area contributed by atoms with Crippen molar-refractivity contribution in [2.45, 2.75) is 39.0 Å². The van der Waals surface area contributed by atoms with Crippen molar-refractivity contribution in [2.75, 3.05) is 0 Å². The summed E-state index contributed by atoms with van der Waals surface area (Å²) in [6.07, 6.45) is 15.6. The van der Waals surface area contributed by atoms with Crippen LogP contribution in [0.3, 0.4) is 0 Å². The highest BCUT2D eigenvalue weighted by Gasteiger charge is 1.97. The molecule has 0 fully saturated rings. The second kappa shape index (κ2) is 5.17. The van der Waals surface area contributed by atoms with Gasteiger partial charge < -0.3 is 0 Å². The van der Waals surface area contributed by atoms with Crippen LogP contribution in [0.2, 0.25) is 0 Å². The first-order valence-corrected chi connectivity index (χ1v) is 4.69. The summed E-state index contributed by atoms with van der Waals surface area (Å²) >= 11 is 0. The Labute approximate surface area is 70.0 Å². The van der Waals surface area contributed by atoms with Gasteiger partial charge in [-0.15, -0.1) is 0 Å². The van der Waals surface area contributed by atoms with Crippen molar-refractivity contribution >= 4 is 0 Å². The Morgan fingerprint density at radius 3 is 2.36 bits per heavy atom. The van der Waals surface area contributed by atoms with Crippen LogP contribution in [0.25, 0.3) is 0 Å². The molecule has 62 valence electrons. The third-order valence-electron chi connectivity index (χ3n) is 2.20. The van der Waals surface area contributed by atoms with Crippen molar-refractivity contribution in [1.29, 1.82) is 0 Å². The minimum absolute atomic E-state index is 0.869. The largest absolute Gasteiger partial charge is 0.0885 e. The Bertz CT molecular complexity index is 142. The predicted molar refractivity (Wildman–Crippen MR) is 50.5 cm³/mol. The van der Waals surface area contributed by atoms with Crippen LogP contribution < -0.4 is 0 Å². The van der Waals surface area contributed by atoms with Gasteiger partial charge in [-0.2, -0.15) is 0 Å². The van der Waals surface area contributed by atoms with Gasteiger partial charge in [0.25, 0.3) is 0 Å². The van der Waals surface area contributed by atoms with Crippen molar-refractivity contribution in [1.82, 2.24) is 0 Å². The van der Waals surface area contributed by atoms with Crippen LogP contribution >= 0.6 is 0 Å². The molecular weight excluding hydrogens is 132 g/mol. The summed E-state index contributed by atoms with van der Waals surface area (Å²) in [7, 11) is 0. The van der Waals surface area contributed by atoms with Gasteiger partial charge in [0.1, 0.15) is 0 Å². The van der Waals surface area contributed by atoms with Gasteiger partial charge in [0.15, 0.2) is 0 Å². The minimum atomic E-state index is 0.869. The minimum Gasteiger partial charge on any atom is -0.0885 e. The summed E-state index contributed by atoms with van der Waals surface area (Å²) in [4.78, 5) is 0. The molecule has 0 saturated heterocycles. The lowest BCUT2D eigenvalue weighted by atomic mass is 10.00. The molecule has 0 saturated carbocycles. The molecule has 1 rings (SSSR count). The third kappa shape index (κ3) is 4.02. The van der Waals surface area contributed by atoms with Gasteiger partial charge in [-0.3, -0.25) is 0 Å². The van der Waals surface area contributed by atoms with E-state index in [0.717, 1.165) is 5.92 Å². The van der Waals surface area contributed by atoms with Gasteiger partial charge in [-0.1, -0.05) is 31.2 Å². The number of hydrogen-bond acceptors (Lipinski definition) is 0. The fourth-order valence-electron chi connectivity index (χ4n) is 1.37. The second-order valence-electron chi connectivity index (χ2n) is 3.44. The molecule has 0 bridgehead atoms. The number of hydrogen-bond donors (Lipinski definition) is 0. The molecule has 0 aromatic carbocycles. The molecule has 0 heterocycles. The molecule has 0 radical (unpaired) electrons. The van der Waals surface area contributed by atoms with Gasteiger partial charge in [-0.05, 0) is 38.0 Å². The zero-order valence-corrected chi connectivity index (χ0v) is 7.42. The average Bonchev–Trinajstić information content (AvgIpc) is 2.03. The maximum Gasteiger partial charge on any atom is -0.0316 e. The Hall–Kier alpha value is -0.520. The Morgan fingerprint density at radius 2 is 1.55 bits per heavy atom. The van der Waals surface area contributed by atoms with Gasteiger partial charge in [0.05, 0.1) is 0 Å². The van der Waals surface area contributed by atoms with Crippen molar-refractivity contribution in [2.24, 2.45) is 5.92 Å². The van der Waals surface area contributed by atoms with Crippen LogP contribution in [0.5, 0.6) is 0 Å². The standard InChI is InChI=1S/C11H18/c1-11-9-7-5-3-2-4-6-8-10-11/h3,5-6,8,11H,2,4,7,9-10H2,1H3/b5-3+,8-6-. The van der Waals surface area contributed by atoms with E-state index in [1.165, 1.54) is 32.1 Å². The molecule has 0 aromatic rings. The second-order valence-corrected chi connectivity index (χ2v) is 3.44. The fraction of sp³-hybridized carbons (Fsp3) is 0.636. The SMILES string of the molecule is CC1C/C=C\CC/C=C/CC1. The van der Waals surface area contributed by atoms with Crippen molar-refractivity contribution < 1.29 is 0 Å². The van der Waals surface area contributed by atoms with E-state index in [1.807, 2.05) is 0 Å². The normalized spacial score (nSPS) is 32.6. The predicted octanol–water partition coefficient (Wildman–Crippen LogP) is 3.70. The van der Waals surface area contributed by atoms with Gasteiger partial charge in [0, 0.05) is 0 Å². The summed E-state index contributed by atoms with van der Waals surface area (Å²) < 4.78 is 0. The van der Waals surface area contributed by atoms with E-state index in [9.17, 15) is 0 Å². The summed E-state index contributed by atoms with van der Waals surface area (Å²) in [6.45, 7) is 2.33. The Kier molecular flexibility index (Phi) is 4.03. The van der Waals surface area contributed by atoms with E-state index in [1.54, 1.807) is 0 Å². The molecule has 1 aliphatic carbocycles. The molecule has 0 nitrogen and oxygen atoms in total. The van der Waals surface area contributed by atoms with Gasteiger partial charge in [-0.25, -0.2) is 0 Å². The van der Waals surface area contributed by atoms with Crippen LogP contribution in [0, 0.1) is 5.92 Å². The average molecular weight is 150 g/mol. The zero-order valence-electron chi connectivity index (χ0n) is 7.42. The lowest BCUT2D eigenvalue weighted by molar-refractivity contribution is 0.544. The Balaban J connectivity index is 2.34. The summed E-state index contributed by atoms with van der Waals surface area (Å²) in [5.74, 6) is 0.869. The van der Waals surface area contributed by atoms with Crippen LogP contribution in [-0.4, -0.2) is 0 Å². The highest BCUT2D eigenvalue weighted by molar-refractivity contribution is 4.91. The highest BCUT2D eigenvalue weighted by atomic mass is 14.0. The first kappa shape index (κ1) is 8.58. The van der Waals surface area contributed by atoms with Crippen LogP contribution in [0.15, 0.2) is 24.3 Å². The van der Waals surface area contributed by atoms with Crippen molar-refractivity contribution in [3.05, 3.63) is 24.3 Å². The quantitative estimate of drug-likeness (QED) is 0.462. The molecular formula is C11H18. The number of rotatable bonds is 0. The number of allylic oxidation sites excluding steroid dienone is 4. The molecule has 1 unspecified atom stereocenters. The molecule has 1 atom stereocenters. The lowest BCUT2D eigenvalue weighted by Gasteiger charge is -2.06. The van der Waals surface area contributed by atoms with Crippen LogP contribution in [-0.2, 0) is 0 Å². The van der Waals surface area contributed by atoms with E-state index in [-0.39, 0.29) is 0 Å². The molecule has 0 amide bonds. The molecule has 0 N–H and O–H groups in total. The maximum absolute atomic E-state index is 2.34. The van der Waals surface area contributed by atoms with Crippen molar-refractivity contribution in [3.63, 3.8) is 0 Å². The smallest absolute Gasteiger partial charge is 0.0316 e. The summed E-state index contributed by atoms with van der Waals surface area (Å²) in [5, 5.41) is 0. The molecule has 0 spiro atoms. The van der Waals surface area contributed by atoms with E-state index < -0.39 is 0 Å². The molecule has 0 aromatic heterocycles. The molecule has 0 aliphatic heterocycles. The topological polar surface area (TPSA) is 0 Å². The first-order valence-electron chi connectivity index (χ1n) is 4.69. The van der Waals surface area contributed by atoms with Gasteiger partial charge >= 0.3 is 0 Å². The summed E-state index contributed by atoms with van der Waals surface area (Å²) in [6, 6.07) is 0. The van der Waals surface area contributed by atoms with E-state index in [0.29, 0.717) is 0 Å². The maximum atomic E-state index is 2.34. The van der Waals surface area contributed by atoms with Crippen molar-refractivity contribution in [3.8, 4) is 0 Å². The Morgan fingerprint density at radius 1 is 0.909 bits per heavy atom. The molecule has 0 heteroatoms. The third-order valence-corrected chi connectivity index (χ3v) is 2.20. The van der Waals surface area contributed by atoms with E-state index in [2.05, 4.69) is 31.2 Å². The van der Waals surface area contributed by atoms with Gasteiger partial charge in [0.2, 0.25) is 0 Å². The zero-order chi connectivity index (χ0) is 7.94. The summed E-state index contributed by atoms with van der Waals surface area (Å²) in [5.41, 5.74) is 0. The van der Waals surface area contributed by atoms with Crippen LogP contribution in [0.1, 0.15) is 39.0 Å².